The summed E-state index contributed by atoms with van der Waals surface area (Å²) >= 11 is 0. The van der Waals surface area contributed by atoms with E-state index in [1.807, 2.05) is 6.08 Å². The minimum absolute atomic E-state index is 0.183. The average molecular weight is 1040 g/mol. The van der Waals surface area contributed by atoms with E-state index in [0.717, 1.165) is 83.5 Å². The maximum absolute atomic E-state index is 13.1. The Morgan fingerprint density at radius 3 is 1.24 bits per heavy atom. The first-order valence-electron chi connectivity index (χ1n) is 31.2. The molecule has 9 nitrogen and oxygen atoms in total. The van der Waals surface area contributed by atoms with Gasteiger partial charge in [-0.3, -0.25) is 4.79 Å². The molecular formula is C65H117NO8. The molecule has 74 heavy (non-hydrogen) atoms. The highest BCUT2D eigenvalue weighted by Crippen LogP contribution is 2.23. The van der Waals surface area contributed by atoms with E-state index in [2.05, 4.69) is 79.9 Å². The second kappa shape index (κ2) is 54.0. The number of unbranched alkanes of at least 4 members (excludes halogenated alkanes) is 33. The topological polar surface area (TPSA) is 149 Å². The number of aliphatic hydroxyl groups is 5. The molecule has 0 aliphatic carbocycles. The summed E-state index contributed by atoms with van der Waals surface area (Å²) in [6.07, 6.45) is 68.3. The zero-order valence-corrected chi connectivity index (χ0v) is 47.8. The summed E-state index contributed by atoms with van der Waals surface area (Å²) in [5, 5.41) is 54.6. The molecule has 0 bridgehead atoms. The zero-order valence-electron chi connectivity index (χ0n) is 47.8. The number of ether oxygens (including phenoxy) is 2. The van der Waals surface area contributed by atoms with Crippen molar-refractivity contribution in [3.8, 4) is 0 Å². The minimum Gasteiger partial charge on any atom is -0.394 e. The summed E-state index contributed by atoms with van der Waals surface area (Å²) in [4.78, 5) is 13.1. The molecule has 0 aromatic rings. The van der Waals surface area contributed by atoms with Crippen molar-refractivity contribution >= 4 is 5.91 Å². The molecule has 0 aromatic carbocycles. The fourth-order valence-corrected chi connectivity index (χ4v) is 9.66. The lowest BCUT2D eigenvalue weighted by atomic mass is 9.99. The average Bonchev–Trinajstić information content (AvgIpc) is 3.40. The van der Waals surface area contributed by atoms with Crippen LogP contribution < -0.4 is 5.32 Å². The molecule has 0 saturated carbocycles. The van der Waals surface area contributed by atoms with Crippen LogP contribution in [0.1, 0.15) is 277 Å². The first kappa shape index (κ1) is 69.6. The molecule has 0 aromatic heterocycles. The fourth-order valence-electron chi connectivity index (χ4n) is 9.66. The number of hydrogen-bond acceptors (Lipinski definition) is 8. The van der Waals surface area contributed by atoms with Gasteiger partial charge in [0.05, 0.1) is 25.4 Å². The standard InChI is InChI=1S/C65H117NO8/c1-3-5-7-9-11-13-15-17-19-21-23-25-27-29-31-32-34-36-38-40-42-44-46-48-50-52-54-59(68)58(57-73-65-64(72)63(71)62(70)60(56-67)74-65)66-61(69)55-53-51-49-47-45-43-41-39-37-35-33-30-28-26-24-22-20-18-16-14-12-10-8-6-4-2/h6,8,12,14,18,20,24,26,30,33,52,54,58-60,62-65,67-68,70-72H,3-5,7,9-11,13,15-17,19,21-23,25,27-29,31-32,34-51,53,55-57H2,1-2H3,(H,66,69)/b8-6-,14-12-,20-18-,26-24-,33-30-,54-52+. The van der Waals surface area contributed by atoms with Gasteiger partial charge in [-0.15, -0.1) is 0 Å². The molecule has 0 radical (unpaired) electrons. The van der Waals surface area contributed by atoms with Crippen LogP contribution in [0.25, 0.3) is 0 Å². The van der Waals surface area contributed by atoms with Gasteiger partial charge in [-0.1, -0.05) is 279 Å². The van der Waals surface area contributed by atoms with Crippen molar-refractivity contribution in [2.24, 2.45) is 0 Å². The van der Waals surface area contributed by atoms with Gasteiger partial charge in [-0.05, 0) is 64.2 Å². The lowest BCUT2D eigenvalue weighted by Gasteiger charge is -2.40. The maximum Gasteiger partial charge on any atom is 0.220 e. The van der Waals surface area contributed by atoms with E-state index in [-0.39, 0.29) is 12.5 Å². The Morgan fingerprint density at radius 1 is 0.473 bits per heavy atom. The van der Waals surface area contributed by atoms with Crippen LogP contribution in [0.15, 0.2) is 72.9 Å². The lowest BCUT2D eigenvalue weighted by Crippen LogP contribution is -2.60. The van der Waals surface area contributed by atoms with Gasteiger partial charge < -0.3 is 40.3 Å². The van der Waals surface area contributed by atoms with Gasteiger partial charge in [-0.25, -0.2) is 0 Å². The molecule has 1 amide bonds. The van der Waals surface area contributed by atoms with Crippen molar-refractivity contribution < 1.29 is 39.8 Å². The van der Waals surface area contributed by atoms with Crippen molar-refractivity contribution in [2.75, 3.05) is 13.2 Å². The van der Waals surface area contributed by atoms with Gasteiger partial charge in [0, 0.05) is 6.42 Å². The van der Waals surface area contributed by atoms with E-state index in [9.17, 15) is 30.3 Å². The summed E-state index contributed by atoms with van der Waals surface area (Å²) in [6.45, 7) is 3.69. The van der Waals surface area contributed by atoms with Crippen molar-refractivity contribution in [3.63, 3.8) is 0 Å². The smallest absolute Gasteiger partial charge is 0.220 e. The normalized spacial score (nSPS) is 19.5. The highest BCUT2D eigenvalue weighted by atomic mass is 16.7. The highest BCUT2D eigenvalue weighted by molar-refractivity contribution is 5.76. The number of hydrogen-bond donors (Lipinski definition) is 6. The third-order valence-electron chi connectivity index (χ3n) is 14.5. The van der Waals surface area contributed by atoms with Crippen LogP contribution in [-0.2, 0) is 14.3 Å². The number of carbonyl (C=O) groups is 1. The van der Waals surface area contributed by atoms with E-state index in [4.69, 9.17) is 9.47 Å². The van der Waals surface area contributed by atoms with Gasteiger partial charge in [0.15, 0.2) is 6.29 Å². The monoisotopic (exact) mass is 1040 g/mol. The first-order chi connectivity index (χ1) is 36.3. The van der Waals surface area contributed by atoms with E-state index in [1.165, 1.54) is 173 Å². The third kappa shape index (κ3) is 42.7. The van der Waals surface area contributed by atoms with Crippen LogP contribution in [-0.4, -0.2) is 87.5 Å². The number of aliphatic hydroxyl groups excluding tert-OH is 5. The summed E-state index contributed by atoms with van der Waals surface area (Å²) in [5.41, 5.74) is 0. The second-order valence-corrected chi connectivity index (χ2v) is 21.5. The van der Waals surface area contributed by atoms with Crippen LogP contribution in [0.3, 0.4) is 0 Å². The van der Waals surface area contributed by atoms with Crippen molar-refractivity contribution in [1.29, 1.82) is 0 Å². The third-order valence-corrected chi connectivity index (χ3v) is 14.5. The van der Waals surface area contributed by atoms with Gasteiger partial charge in [0.2, 0.25) is 5.91 Å². The van der Waals surface area contributed by atoms with Crippen molar-refractivity contribution in [1.82, 2.24) is 5.32 Å². The maximum atomic E-state index is 13.1. The molecule has 1 heterocycles. The lowest BCUT2D eigenvalue weighted by molar-refractivity contribution is -0.302. The largest absolute Gasteiger partial charge is 0.394 e. The molecule has 7 atom stereocenters. The van der Waals surface area contributed by atoms with Gasteiger partial charge >= 0.3 is 0 Å². The van der Waals surface area contributed by atoms with Crippen LogP contribution in [0.5, 0.6) is 0 Å². The summed E-state index contributed by atoms with van der Waals surface area (Å²) in [6, 6.07) is -0.814. The first-order valence-corrected chi connectivity index (χ1v) is 31.2. The van der Waals surface area contributed by atoms with Gasteiger partial charge in [0.25, 0.3) is 0 Å². The Balaban J connectivity index is 2.21. The van der Waals surface area contributed by atoms with E-state index in [0.29, 0.717) is 6.42 Å². The number of rotatable bonds is 53. The molecule has 6 N–H and O–H groups in total. The highest BCUT2D eigenvalue weighted by Gasteiger charge is 2.44. The minimum atomic E-state index is -1.57. The second-order valence-electron chi connectivity index (χ2n) is 21.5. The Labute approximate surface area is 455 Å². The van der Waals surface area contributed by atoms with E-state index < -0.39 is 49.5 Å². The molecule has 9 heteroatoms. The molecule has 1 fully saturated rings. The van der Waals surface area contributed by atoms with Crippen molar-refractivity contribution in [3.05, 3.63) is 72.9 Å². The summed E-state index contributed by atoms with van der Waals surface area (Å²) in [5.74, 6) is -0.183. The van der Waals surface area contributed by atoms with Crippen LogP contribution in [0.4, 0.5) is 0 Å². The Hall–Kier alpha value is -2.37. The summed E-state index contributed by atoms with van der Waals surface area (Å²) < 4.78 is 11.3. The molecule has 1 aliphatic heterocycles. The number of allylic oxidation sites excluding steroid dienone is 11. The Bertz CT molecular complexity index is 1390. The number of nitrogens with one attached hydrogen (secondary N) is 1. The van der Waals surface area contributed by atoms with Gasteiger partial charge in [0.1, 0.15) is 24.4 Å². The summed E-state index contributed by atoms with van der Waals surface area (Å²) in [7, 11) is 0. The predicted molar refractivity (Wildman–Crippen MR) is 313 cm³/mol. The SMILES string of the molecule is CC/C=C\C/C=C\C/C=C\C/C=C\C/C=C\CCCCCCCCCCCC(=O)NC(COC1OC(CO)C(O)C(O)C1O)C(O)/C=C/CCCCCCCCCCCCCCCCCCCCCCCCCC. The molecule has 7 unspecified atom stereocenters. The van der Waals surface area contributed by atoms with E-state index in [1.54, 1.807) is 6.08 Å². The Morgan fingerprint density at radius 2 is 0.838 bits per heavy atom. The molecule has 1 aliphatic rings. The molecule has 0 spiro atoms. The molecule has 1 saturated heterocycles. The number of amides is 1. The Kier molecular flexibility index (Phi) is 50.8. The fraction of sp³-hybridized carbons (Fsp3) is 0.800. The molecular weight excluding hydrogens is 923 g/mol. The van der Waals surface area contributed by atoms with Crippen LogP contribution in [0.2, 0.25) is 0 Å². The number of carbonyl (C=O) groups excluding carboxylic acids is 1. The van der Waals surface area contributed by atoms with Gasteiger partial charge in [-0.2, -0.15) is 0 Å². The molecule has 430 valence electrons. The molecule has 1 rings (SSSR count). The quantitative estimate of drug-likeness (QED) is 0.0261. The van der Waals surface area contributed by atoms with Crippen LogP contribution >= 0.6 is 0 Å². The zero-order chi connectivity index (χ0) is 53.6. The van der Waals surface area contributed by atoms with Crippen LogP contribution in [0, 0.1) is 0 Å². The van der Waals surface area contributed by atoms with E-state index >= 15 is 0 Å². The van der Waals surface area contributed by atoms with Crippen molar-refractivity contribution in [2.45, 2.75) is 320 Å². The predicted octanol–water partition coefficient (Wildman–Crippen LogP) is 16.0.